The maximum atomic E-state index is 11.0. The Balaban J connectivity index is 2.44. The van der Waals surface area contributed by atoms with Crippen molar-refractivity contribution >= 4 is 17.7 Å². The number of hydrogen-bond donors (Lipinski definition) is 2. The van der Waals surface area contributed by atoms with E-state index in [9.17, 15) is 9.90 Å². The number of thioether (sulfide) groups is 1. The highest BCUT2D eigenvalue weighted by Crippen LogP contribution is 2.37. The molecule has 1 amide bonds. The molecule has 0 aromatic heterocycles. The minimum absolute atomic E-state index is 0.258. The van der Waals surface area contributed by atoms with E-state index in [0.717, 1.165) is 10.5 Å². The summed E-state index contributed by atoms with van der Waals surface area (Å²) in [7, 11) is 0. The second-order valence-corrected chi connectivity index (χ2v) is 3.91. The second kappa shape index (κ2) is 3.48. The first-order chi connectivity index (χ1) is 6.70. The largest absolute Gasteiger partial charge is 0.383 e. The molecule has 1 aromatic carbocycles. The van der Waals surface area contributed by atoms with Crippen LogP contribution in [0.5, 0.6) is 0 Å². The van der Waals surface area contributed by atoms with Crippen molar-refractivity contribution in [3.05, 3.63) is 40.8 Å². The summed E-state index contributed by atoms with van der Waals surface area (Å²) in [4.78, 5) is 11.9. The van der Waals surface area contributed by atoms with Gasteiger partial charge >= 0.3 is 0 Å². The Hall–Kier alpha value is -1.26. The van der Waals surface area contributed by atoms with Crippen LogP contribution in [0.2, 0.25) is 0 Å². The van der Waals surface area contributed by atoms with Crippen LogP contribution in [0.4, 0.5) is 0 Å². The zero-order chi connectivity index (χ0) is 10.1. The molecule has 1 aliphatic heterocycles. The van der Waals surface area contributed by atoms with Gasteiger partial charge in [-0.3, -0.25) is 4.79 Å². The summed E-state index contributed by atoms with van der Waals surface area (Å²) in [6, 6.07) is 7.41. The van der Waals surface area contributed by atoms with Crippen molar-refractivity contribution in [1.82, 2.24) is 0 Å². The van der Waals surface area contributed by atoms with Crippen LogP contribution in [0.25, 0.3) is 0 Å². The van der Waals surface area contributed by atoms with Gasteiger partial charge in [0.2, 0.25) is 5.91 Å². The van der Waals surface area contributed by atoms with Gasteiger partial charge in [-0.05, 0) is 17.0 Å². The van der Waals surface area contributed by atoms with Gasteiger partial charge in [-0.2, -0.15) is 0 Å². The van der Waals surface area contributed by atoms with Crippen molar-refractivity contribution in [3.8, 4) is 0 Å². The highest BCUT2D eigenvalue weighted by Gasteiger charge is 2.24. The number of aliphatic hydroxyl groups excluding tert-OH is 1. The Bertz CT molecular complexity index is 414. The van der Waals surface area contributed by atoms with Gasteiger partial charge in [-0.1, -0.05) is 30.0 Å². The minimum atomic E-state index is -0.884. The van der Waals surface area contributed by atoms with E-state index in [0.29, 0.717) is 0 Å². The van der Waals surface area contributed by atoms with Gasteiger partial charge in [0.15, 0.2) is 0 Å². The molecule has 1 atom stereocenters. The first-order valence-electron chi connectivity index (χ1n) is 4.13. The maximum absolute atomic E-state index is 11.0. The van der Waals surface area contributed by atoms with Crippen LogP contribution in [0.3, 0.4) is 0 Å². The highest BCUT2D eigenvalue weighted by atomic mass is 32.2. The van der Waals surface area contributed by atoms with Crippen LogP contribution < -0.4 is 5.73 Å². The Morgan fingerprint density at radius 2 is 2.14 bits per heavy atom. The lowest BCUT2D eigenvalue weighted by molar-refractivity contribution is -0.115. The summed E-state index contributed by atoms with van der Waals surface area (Å²) in [5, 5.41) is 11.4. The van der Waals surface area contributed by atoms with Crippen molar-refractivity contribution in [2.24, 2.45) is 5.73 Å². The van der Waals surface area contributed by atoms with E-state index in [4.69, 9.17) is 5.73 Å². The molecule has 3 nitrogen and oxygen atoms in total. The smallest absolute Gasteiger partial charge is 0.248 e. The molecule has 0 aliphatic carbocycles. The number of hydrogen-bond acceptors (Lipinski definition) is 3. The standard InChI is InChI=1S/C10H9NO2S/c11-10(13)7-5-14-8-4-2-1-3-6(8)9(7)12/h1-5,9,12H,(H2,11,13). The molecule has 0 saturated carbocycles. The number of rotatable bonds is 1. The van der Waals surface area contributed by atoms with Gasteiger partial charge in [-0.25, -0.2) is 0 Å². The first-order valence-corrected chi connectivity index (χ1v) is 5.01. The summed E-state index contributed by atoms with van der Waals surface area (Å²) in [6.07, 6.45) is -0.884. The van der Waals surface area contributed by atoms with Crippen molar-refractivity contribution in [2.45, 2.75) is 11.0 Å². The quantitative estimate of drug-likeness (QED) is 0.727. The normalized spacial score (nSPS) is 19.8. The maximum Gasteiger partial charge on any atom is 0.248 e. The van der Waals surface area contributed by atoms with Crippen molar-refractivity contribution in [1.29, 1.82) is 0 Å². The molecule has 0 bridgehead atoms. The number of nitrogens with two attached hydrogens (primary N) is 1. The molecule has 4 heteroatoms. The monoisotopic (exact) mass is 207 g/mol. The van der Waals surface area contributed by atoms with E-state index >= 15 is 0 Å². The van der Waals surface area contributed by atoms with E-state index in [1.807, 2.05) is 18.2 Å². The zero-order valence-electron chi connectivity index (χ0n) is 7.31. The Morgan fingerprint density at radius 1 is 1.43 bits per heavy atom. The number of carbonyl (C=O) groups is 1. The molecular formula is C10H9NO2S. The molecule has 0 fully saturated rings. The van der Waals surface area contributed by atoms with Gasteiger partial charge in [0.25, 0.3) is 0 Å². The number of benzene rings is 1. The topological polar surface area (TPSA) is 63.3 Å². The fraction of sp³-hybridized carbons (Fsp3) is 0.100. The van der Waals surface area contributed by atoms with Crippen LogP contribution in [-0.4, -0.2) is 11.0 Å². The SMILES string of the molecule is NC(=O)C1=CSc2ccccc2C1O. The third kappa shape index (κ3) is 1.42. The summed E-state index contributed by atoms with van der Waals surface area (Å²) in [6.45, 7) is 0. The molecule has 0 radical (unpaired) electrons. The molecule has 0 spiro atoms. The summed E-state index contributed by atoms with van der Waals surface area (Å²) in [5.41, 5.74) is 6.14. The zero-order valence-corrected chi connectivity index (χ0v) is 8.12. The predicted octanol–water partition coefficient (Wildman–Crippen LogP) is 1.19. The molecular weight excluding hydrogens is 198 g/mol. The molecule has 1 heterocycles. The first kappa shape index (κ1) is 9.30. The lowest BCUT2D eigenvalue weighted by Gasteiger charge is -2.19. The average Bonchev–Trinajstić information content (AvgIpc) is 2.18. The van der Waals surface area contributed by atoms with Gasteiger partial charge in [0.05, 0.1) is 5.57 Å². The Morgan fingerprint density at radius 3 is 2.86 bits per heavy atom. The number of carbonyl (C=O) groups excluding carboxylic acids is 1. The predicted molar refractivity (Wildman–Crippen MR) is 54.5 cm³/mol. The number of amides is 1. The van der Waals surface area contributed by atoms with Gasteiger partial charge in [-0.15, -0.1) is 0 Å². The number of fused-ring (bicyclic) bond motifs is 1. The van der Waals surface area contributed by atoms with Gasteiger partial charge < -0.3 is 10.8 Å². The molecule has 14 heavy (non-hydrogen) atoms. The fourth-order valence-corrected chi connectivity index (χ4v) is 2.34. The molecule has 72 valence electrons. The van der Waals surface area contributed by atoms with Crippen molar-refractivity contribution in [3.63, 3.8) is 0 Å². The van der Waals surface area contributed by atoms with Crippen molar-refractivity contribution < 1.29 is 9.90 Å². The molecule has 2 rings (SSSR count). The summed E-state index contributed by atoms with van der Waals surface area (Å²) in [5.74, 6) is -0.570. The summed E-state index contributed by atoms with van der Waals surface area (Å²) < 4.78 is 0. The third-order valence-electron chi connectivity index (χ3n) is 2.11. The van der Waals surface area contributed by atoms with E-state index in [1.165, 1.54) is 11.8 Å². The summed E-state index contributed by atoms with van der Waals surface area (Å²) >= 11 is 1.41. The van der Waals surface area contributed by atoms with Crippen LogP contribution in [0.15, 0.2) is 40.1 Å². The van der Waals surface area contributed by atoms with Crippen LogP contribution in [0.1, 0.15) is 11.7 Å². The Labute approximate surface area is 85.6 Å². The Kier molecular flexibility index (Phi) is 2.31. The van der Waals surface area contributed by atoms with E-state index in [-0.39, 0.29) is 5.57 Å². The molecule has 1 aromatic rings. The molecule has 0 saturated heterocycles. The van der Waals surface area contributed by atoms with Crippen molar-refractivity contribution in [2.75, 3.05) is 0 Å². The fourth-order valence-electron chi connectivity index (χ4n) is 1.37. The second-order valence-electron chi connectivity index (χ2n) is 3.00. The average molecular weight is 207 g/mol. The van der Waals surface area contributed by atoms with E-state index < -0.39 is 12.0 Å². The minimum Gasteiger partial charge on any atom is -0.383 e. The van der Waals surface area contributed by atoms with Crippen LogP contribution >= 0.6 is 11.8 Å². The molecule has 1 unspecified atom stereocenters. The van der Waals surface area contributed by atoms with Gasteiger partial charge in [0.1, 0.15) is 6.10 Å². The third-order valence-corrected chi connectivity index (χ3v) is 3.10. The van der Waals surface area contributed by atoms with Gasteiger partial charge in [0, 0.05) is 4.90 Å². The lowest BCUT2D eigenvalue weighted by atomic mass is 10.0. The van der Waals surface area contributed by atoms with Crippen LogP contribution in [-0.2, 0) is 4.79 Å². The molecule has 3 N–H and O–H groups in total. The lowest BCUT2D eigenvalue weighted by Crippen LogP contribution is -2.21. The molecule has 1 aliphatic rings. The highest BCUT2D eigenvalue weighted by molar-refractivity contribution is 8.02. The van der Waals surface area contributed by atoms with E-state index in [2.05, 4.69) is 0 Å². The van der Waals surface area contributed by atoms with E-state index in [1.54, 1.807) is 11.5 Å². The van der Waals surface area contributed by atoms with Crippen LogP contribution in [0, 0.1) is 0 Å². The number of aliphatic hydroxyl groups is 1. The number of primary amides is 1.